The van der Waals surface area contributed by atoms with Gasteiger partial charge in [0.1, 0.15) is 0 Å². The molecule has 0 aromatic carbocycles. The monoisotopic (exact) mass is 296 g/mol. The van der Waals surface area contributed by atoms with Gasteiger partial charge in [-0.05, 0) is 30.9 Å². The van der Waals surface area contributed by atoms with Crippen LogP contribution in [0.3, 0.4) is 0 Å². The lowest BCUT2D eigenvalue weighted by molar-refractivity contribution is 0.134. The van der Waals surface area contributed by atoms with Crippen molar-refractivity contribution in [1.29, 1.82) is 0 Å². The molecule has 114 valence electrons. The Balaban J connectivity index is 1.50. The number of nitrogens with zero attached hydrogens (tertiary/aromatic N) is 4. The van der Waals surface area contributed by atoms with Crippen molar-refractivity contribution in [1.82, 2.24) is 15.0 Å². The normalized spacial score (nSPS) is 26.9. The van der Waals surface area contributed by atoms with Crippen LogP contribution in [0.2, 0.25) is 0 Å². The van der Waals surface area contributed by atoms with Crippen LogP contribution in [0.5, 0.6) is 5.88 Å². The van der Waals surface area contributed by atoms with Gasteiger partial charge in [0, 0.05) is 43.2 Å². The van der Waals surface area contributed by atoms with Crippen LogP contribution in [0, 0.1) is 11.3 Å². The maximum atomic E-state index is 6.00. The van der Waals surface area contributed by atoms with Crippen LogP contribution < -0.4 is 9.64 Å². The lowest BCUT2D eigenvalue weighted by Gasteiger charge is -2.28. The van der Waals surface area contributed by atoms with E-state index in [1.807, 2.05) is 36.7 Å². The molecule has 5 heteroatoms. The quantitative estimate of drug-likeness (QED) is 0.868. The highest BCUT2D eigenvalue weighted by Crippen LogP contribution is 2.49. The summed E-state index contributed by atoms with van der Waals surface area (Å²) in [5.41, 5.74) is 0.219. The van der Waals surface area contributed by atoms with Gasteiger partial charge in [-0.25, -0.2) is 15.0 Å². The second-order valence-corrected chi connectivity index (χ2v) is 6.34. The molecule has 0 spiro atoms. The number of fused-ring (bicyclic) bond motifs is 1. The van der Waals surface area contributed by atoms with E-state index in [1.165, 1.54) is 19.3 Å². The molecule has 2 aliphatic rings. The minimum Gasteiger partial charge on any atom is -0.477 e. The average molecular weight is 296 g/mol. The zero-order chi connectivity index (χ0) is 14.8. The van der Waals surface area contributed by atoms with Crippen molar-refractivity contribution in [2.45, 2.75) is 19.3 Å². The molecular formula is C17H20N4O. The van der Waals surface area contributed by atoms with Crippen molar-refractivity contribution < 1.29 is 4.74 Å². The molecule has 5 nitrogen and oxygen atoms in total. The number of aromatic nitrogens is 3. The summed E-state index contributed by atoms with van der Waals surface area (Å²) in [6.45, 7) is 2.75. The van der Waals surface area contributed by atoms with E-state index in [4.69, 9.17) is 4.74 Å². The van der Waals surface area contributed by atoms with Crippen LogP contribution in [0.15, 0.2) is 42.9 Å². The third-order valence-electron chi connectivity index (χ3n) is 5.02. The van der Waals surface area contributed by atoms with Gasteiger partial charge in [-0.2, -0.15) is 0 Å². The zero-order valence-electron chi connectivity index (χ0n) is 12.6. The molecule has 0 N–H and O–H groups in total. The van der Waals surface area contributed by atoms with Gasteiger partial charge < -0.3 is 9.64 Å². The van der Waals surface area contributed by atoms with Crippen molar-refractivity contribution in [3.63, 3.8) is 0 Å². The fraction of sp³-hybridized carbons (Fsp3) is 0.471. The fourth-order valence-electron chi connectivity index (χ4n) is 3.91. The fourth-order valence-corrected chi connectivity index (χ4v) is 3.91. The highest BCUT2D eigenvalue weighted by Gasteiger charge is 2.50. The Kier molecular flexibility index (Phi) is 3.41. The van der Waals surface area contributed by atoms with Crippen LogP contribution in [-0.2, 0) is 0 Å². The molecule has 2 atom stereocenters. The summed E-state index contributed by atoms with van der Waals surface area (Å²) >= 11 is 0. The second kappa shape index (κ2) is 5.55. The number of anilines is 1. The van der Waals surface area contributed by atoms with Crippen LogP contribution >= 0.6 is 0 Å². The van der Waals surface area contributed by atoms with Crippen LogP contribution in [-0.4, -0.2) is 34.6 Å². The molecule has 1 saturated carbocycles. The second-order valence-electron chi connectivity index (χ2n) is 6.34. The summed E-state index contributed by atoms with van der Waals surface area (Å²) in [6, 6.07) is 7.66. The molecule has 22 heavy (non-hydrogen) atoms. The first-order valence-corrected chi connectivity index (χ1v) is 7.92. The maximum Gasteiger partial charge on any atom is 0.225 e. The number of ether oxygens (including phenoxy) is 1. The molecule has 3 heterocycles. The third kappa shape index (κ3) is 2.40. The zero-order valence-corrected chi connectivity index (χ0v) is 12.6. The van der Waals surface area contributed by atoms with Crippen LogP contribution in [0.25, 0.3) is 0 Å². The van der Waals surface area contributed by atoms with E-state index in [2.05, 4.69) is 19.9 Å². The molecular weight excluding hydrogens is 276 g/mol. The SMILES string of the molecule is c1ccc(OC[C@@]23CCC[C@@H]2CN(c2ncccn2)C3)nc1. The van der Waals surface area contributed by atoms with Gasteiger partial charge in [0.2, 0.25) is 11.8 Å². The number of hydrogen-bond acceptors (Lipinski definition) is 5. The van der Waals surface area contributed by atoms with Gasteiger partial charge in [0.05, 0.1) is 6.61 Å². The van der Waals surface area contributed by atoms with Crippen molar-refractivity contribution >= 4 is 5.95 Å². The minimum atomic E-state index is 0.219. The van der Waals surface area contributed by atoms with E-state index in [9.17, 15) is 0 Å². The van der Waals surface area contributed by atoms with Gasteiger partial charge in [-0.1, -0.05) is 12.5 Å². The van der Waals surface area contributed by atoms with Gasteiger partial charge in [-0.3, -0.25) is 0 Å². The van der Waals surface area contributed by atoms with Gasteiger partial charge in [-0.15, -0.1) is 0 Å². The number of hydrogen-bond donors (Lipinski definition) is 0. The molecule has 1 aliphatic carbocycles. The summed E-state index contributed by atoms with van der Waals surface area (Å²) in [5.74, 6) is 2.23. The molecule has 0 bridgehead atoms. The molecule has 0 radical (unpaired) electrons. The van der Waals surface area contributed by atoms with E-state index in [0.717, 1.165) is 31.5 Å². The third-order valence-corrected chi connectivity index (χ3v) is 5.02. The summed E-state index contributed by atoms with van der Waals surface area (Å²) in [4.78, 5) is 15.4. The minimum absolute atomic E-state index is 0.219. The lowest BCUT2D eigenvalue weighted by atomic mass is 9.82. The highest BCUT2D eigenvalue weighted by molar-refractivity contribution is 5.33. The van der Waals surface area contributed by atoms with Gasteiger partial charge in [0.15, 0.2) is 0 Å². The molecule has 1 aliphatic heterocycles. The predicted molar refractivity (Wildman–Crippen MR) is 83.8 cm³/mol. The molecule has 1 saturated heterocycles. The van der Waals surface area contributed by atoms with E-state index >= 15 is 0 Å². The molecule has 0 unspecified atom stereocenters. The summed E-state index contributed by atoms with van der Waals surface area (Å²) in [5, 5.41) is 0. The standard InChI is InChI=1S/C17H20N4O/c1-2-8-18-15(6-1)22-13-17-7-3-5-14(17)11-21(12-17)16-19-9-4-10-20-16/h1-2,4,6,8-10,14H,3,5,7,11-13H2/t14-,17+/m1/s1. The topological polar surface area (TPSA) is 51.1 Å². The molecule has 2 fully saturated rings. The highest BCUT2D eigenvalue weighted by atomic mass is 16.5. The molecule has 2 aromatic heterocycles. The van der Waals surface area contributed by atoms with Crippen LogP contribution in [0.4, 0.5) is 5.95 Å². The lowest BCUT2D eigenvalue weighted by Crippen LogP contribution is -2.34. The largest absolute Gasteiger partial charge is 0.477 e. The van der Waals surface area contributed by atoms with Crippen molar-refractivity contribution in [2.75, 3.05) is 24.6 Å². The van der Waals surface area contributed by atoms with Crippen LogP contribution in [0.1, 0.15) is 19.3 Å². The van der Waals surface area contributed by atoms with E-state index < -0.39 is 0 Å². The Morgan fingerprint density at radius 1 is 1.14 bits per heavy atom. The molecule has 4 rings (SSSR count). The average Bonchev–Trinajstić information content (AvgIpc) is 3.12. The van der Waals surface area contributed by atoms with E-state index in [0.29, 0.717) is 5.92 Å². The Morgan fingerprint density at radius 3 is 2.82 bits per heavy atom. The Bertz CT molecular complexity index is 621. The Morgan fingerprint density at radius 2 is 2.00 bits per heavy atom. The first-order valence-electron chi connectivity index (χ1n) is 7.92. The van der Waals surface area contributed by atoms with Crippen molar-refractivity contribution in [2.24, 2.45) is 11.3 Å². The number of pyridine rings is 1. The van der Waals surface area contributed by atoms with Gasteiger partial charge >= 0.3 is 0 Å². The first kappa shape index (κ1) is 13.5. The number of rotatable bonds is 4. The van der Waals surface area contributed by atoms with E-state index in [-0.39, 0.29) is 5.41 Å². The summed E-state index contributed by atoms with van der Waals surface area (Å²) in [6.07, 6.45) is 9.18. The van der Waals surface area contributed by atoms with Crippen molar-refractivity contribution in [3.05, 3.63) is 42.9 Å². The maximum absolute atomic E-state index is 6.00. The predicted octanol–water partition coefficient (Wildman–Crippen LogP) is 2.56. The van der Waals surface area contributed by atoms with E-state index in [1.54, 1.807) is 6.20 Å². The van der Waals surface area contributed by atoms with Crippen molar-refractivity contribution in [3.8, 4) is 5.88 Å². The first-order chi connectivity index (χ1) is 10.9. The Labute approximate surface area is 130 Å². The summed E-state index contributed by atoms with van der Waals surface area (Å²) < 4.78 is 6.00. The molecule has 0 amide bonds. The van der Waals surface area contributed by atoms with Gasteiger partial charge in [0.25, 0.3) is 0 Å². The smallest absolute Gasteiger partial charge is 0.225 e. The Hall–Kier alpha value is -2.17. The summed E-state index contributed by atoms with van der Waals surface area (Å²) in [7, 11) is 0. The molecule has 2 aromatic rings.